The highest BCUT2D eigenvalue weighted by Crippen LogP contribution is 2.18. The van der Waals surface area contributed by atoms with Crippen molar-refractivity contribution in [2.45, 2.75) is 25.3 Å². The topological polar surface area (TPSA) is 52.0 Å². The molecule has 0 aromatic heterocycles. The first-order valence-corrected chi connectivity index (χ1v) is 4.76. The first-order chi connectivity index (χ1) is 6.25. The summed E-state index contributed by atoms with van der Waals surface area (Å²) in [4.78, 5) is 0. The van der Waals surface area contributed by atoms with Crippen molar-refractivity contribution in [2.24, 2.45) is 11.5 Å². The number of rotatable bonds is 4. The van der Waals surface area contributed by atoms with E-state index in [9.17, 15) is 0 Å². The molecule has 0 saturated carbocycles. The predicted molar refractivity (Wildman–Crippen MR) is 56.5 cm³/mol. The molecule has 0 spiro atoms. The third-order valence-corrected chi connectivity index (χ3v) is 2.47. The molecule has 0 heterocycles. The van der Waals surface area contributed by atoms with Gasteiger partial charge < -0.3 is 11.5 Å². The van der Waals surface area contributed by atoms with Crippen LogP contribution in [-0.4, -0.2) is 12.6 Å². The van der Waals surface area contributed by atoms with Gasteiger partial charge in [-0.25, -0.2) is 0 Å². The van der Waals surface area contributed by atoms with Gasteiger partial charge in [0.1, 0.15) is 0 Å². The molecule has 0 saturated heterocycles. The average molecular weight is 178 g/mol. The second-order valence-electron chi connectivity index (χ2n) is 3.44. The molecule has 0 amide bonds. The lowest BCUT2D eigenvalue weighted by atomic mass is 9.92. The smallest absolute Gasteiger partial charge is 0.0117 e. The molecule has 0 aliphatic rings. The number of benzene rings is 1. The fourth-order valence-corrected chi connectivity index (χ4v) is 1.45. The highest BCUT2D eigenvalue weighted by Gasteiger charge is 2.12. The summed E-state index contributed by atoms with van der Waals surface area (Å²) < 4.78 is 0. The minimum absolute atomic E-state index is 0.174. The second kappa shape index (κ2) is 5.00. The van der Waals surface area contributed by atoms with E-state index < -0.39 is 0 Å². The van der Waals surface area contributed by atoms with Crippen LogP contribution in [0.2, 0.25) is 0 Å². The lowest BCUT2D eigenvalue weighted by molar-refractivity contribution is 0.535. The Balaban J connectivity index is 2.62. The van der Waals surface area contributed by atoms with E-state index in [1.165, 1.54) is 5.56 Å². The molecule has 1 aromatic rings. The Bertz CT molecular complexity index is 233. The van der Waals surface area contributed by atoms with Crippen LogP contribution in [0.15, 0.2) is 30.3 Å². The van der Waals surface area contributed by atoms with Crippen LogP contribution in [0.3, 0.4) is 0 Å². The summed E-state index contributed by atoms with van der Waals surface area (Å²) in [5.74, 6) is 0.393. The van der Waals surface area contributed by atoms with Gasteiger partial charge in [0, 0.05) is 6.04 Å². The largest absolute Gasteiger partial charge is 0.330 e. The van der Waals surface area contributed by atoms with E-state index in [-0.39, 0.29) is 6.04 Å². The highest BCUT2D eigenvalue weighted by atomic mass is 14.7. The van der Waals surface area contributed by atoms with Crippen LogP contribution in [0.25, 0.3) is 0 Å². The van der Waals surface area contributed by atoms with Crippen molar-refractivity contribution < 1.29 is 0 Å². The van der Waals surface area contributed by atoms with E-state index >= 15 is 0 Å². The summed E-state index contributed by atoms with van der Waals surface area (Å²) in [7, 11) is 0. The Morgan fingerprint density at radius 2 is 1.85 bits per heavy atom. The maximum absolute atomic E-state index is 5.98. The summed E-state index contributed by atoms with van der Waals surface area (Å²) >= 11 is 0. The molecule has 0 aliphatic heterocycles. The number of hydrogen-bond donors (Lipinski definition) is 2. The molecule has 2 heteroatoms. The first-order valence-electron chi connectivity index (χ1n) is 4.76. The third kappa shape index (κ3) is 2.83. The Hall–Kier alpha value is -0.860. The van der Waals surface area contributed by atoms with E-state index in [1.807, 2.05) is 18.2 Å². The second-order valence-corrected chi connectivity index (χ2v) is 3.44. The van der Waals surface area contributed by atoms with Crippen LogP contribution >= 0.6 is 0 Å². The zero-order valence-corrected chi connectivity index (χ0v) is 8.11. The van der Waals surface area contributed by atoms with Gasteiger partial charge in [0.2, 0.25) is 0 Å². The zero-order valence-electron chi connectivity index (χ0n) is 8.11. The molecule has 0 radical (unpaired) electrons. The standard InChI is InChI=1S/C11H18N2/c1-9(11(13)7-8-12)10-5-3-2-4-6-10/h2-6,9,11H,7-8,12-13H2,1H3. The Labute approximate surface area is 79.9 Å². The summed E-state index contributed by atoms with van der Waals surface area (Å²) in [6, 6.07) is 10.5. The zero-order chi connectivity index (χ0) is 9.68. The molecule has 1 aromatic carbocycles. The van der Waals surface area contributed by atoms with Crippen molar-refractivity contribution in [2.75, 3.05) is 6.54 Å². The highest BCUT2D eigenvalue weighted by molar-refractivity contribution is 5.20. The molecule has 1 rings (SSSR count). The van der Waals surface area contributed by atoms with E-state index in [2.05, 4.69) is 19.1 Å². The lowest BCUT2D eigenvalue weighted by Crippen LogP contribution is -2.29. The molecule has 2 atom stereocenters. The van der Waals surface area contributed by atoms with E-state index in [0.29, 0.717) is 12.5 Å². The van der Waals surface area contributed by atoms with Gasteiger partial charge in [-0.1, -0.05) is 37.3 Å². The molecule has 0 aliphatic carbocycles. The van der Waals surface area contributed by atoms with Crippen LogP contribution in [0.1, 0.15) is 24.8 Å². The van der Waals surface area contributed by atoms with Crippen molar-refractivity contribution in [1.82, 2.24) is 0 Å². The Morgan fingerprint density at radius 3 is 2.38 bits per heavy atom. The van der Waals surface area contributed by atoms with E-state index in [1.54, 1.807) is 0 Å². The average Bonchev–Trinajstić information content (AvgIpc) is 2.18. The van der Waals surface area contributed by atoms with Crippen molar-refractivity contribution in [1.29, 1.82) is 0 Å². The van der Waals surface area contributed by atoms with Crippen molar-refractivity contribution in [3.8, 4) is 0 Å². The molecule has 72 valence electrons. The van der Waals surface area contributed by atoms with Gasteiger partial charge in [0.15, 0.2) is 0 Å². The van der Waals surface area contributed by atoms with Crippen molar-refractivity contribution in [3.05, 3.63) is 35.9 Å². The van der Waals surface area contributed by atoms with Gasteiger partial charge >= 0.3 is 0 Å². The van der Waals surface area contributed by atoms with Gasteiger partial charge in [-0.05, 0) is 24.4 Å². The summed E-state index contributed by atoms with van der Waals surface area (Å²) in [6.45, 7) is 2.81. The minimum atomic E-state index is 0.174. The quantitative estimate of drug-likeness (QED) is 0.733. The third-order valence-electron chi connectivity index (χ3n) is 2.47. The molecule has 0 fully saturated rings. The molecule has 4 N–H and O–H groups in total. The van der Waals surface area contributed by atoms with Gasteiger partial charge in [-0.3, -0.25) is 0 Å². The number of hydrogen-bond acceptors (Lipinski definition) is 2. The van der Waals surface area contributed by atoms with Gasteiger partial charge in [-0.2, -0.15) is 0 Å². The van der Waals surface area contributed by atoms with Gasteiger partial charge in [0.25, 0.3) is 0 Å². The molecular weight excluding hydrogens is 160 g/mol. The Morgan fingerprint density at radius 1 is 1.23 bits per heavy atom. The van der Waals surface area contributed by atoms with E-state index in [0.717, 1.165) is 6.42 Å². The Kier molecular flexibility index (Phi) is 3.93. The van der Waals surface area contributed by atoms with E-state index in [4.69, 9.17) is 11.5 Å². The van der Waals surface area contributed by atoms with Gasteiger partial charge in [-0.15, -0.1) is 0 Å². The lowest BCUT2D eigenvalue weighted by Gasteiger charge is -2.19. The SMILES string of the molecule is CC(c1ccccc1)C(N)CCN. The molecule has 2 nitrogen and oxygen atoms in total. The predicted octanol–water partition coefficient (Wildman–Crippen LogP) is 1.47. The van der Waals surface area contributed by atoms with Gasteiger partial charge in [0.05, 0.1) is 0 Å². The summed E-state index contributed by atoms with van der Waals surface area (Å²) in [6.07, 6.45) is 0.885. The van der Waals surface area contributed by atoms with Crippen LogP contribution in [0.5, 0.6) is 0 Å². The molecule has 0 bridgehead atoms. The number of nitrogens with two attached hydrogens (primary N) is 2. The van der Waals surface area contributed by atoms with Crippen LogP contribution in [-0.2, 0) is 0 Å². The first kappa shape index (κ1) is 10.2. The van der Waals surface area contributed by atoms with Crippen LogP contribution in [0.4, 0.5) is 0 Å². The van der Waals surface area contributed by atoms with Crippen molar-refractivity contribution >= 4 is 0 Å². The maximum atomic E-state index is 5.98. The normalized spacial score (nSPS) is 15.3. The summed E-state index contributed by atoms with van der Waals surface area (Å²) in [5.41, 5.74) is 12.7. The fourth-order valence-electron chi connectivity index (χ4n) is 1.45. The van der Waals surface area contributed by atoms with Crippen LogP contribution in [0, 0.1) is 0 Å². The minimum Gasteiger partial charge on any atom is -0.330 e. The molecular formula is C11H18N2. The van der Waals surface area contributed by atoms with Crippen molar-refractivity contribution in [3.63, 3.8) is 0 Å². The summed E-state index contributed by atoms with van der Waals surface area (Å²) in [5, 5.41) is 0. The maximum Gasteiger partial charge on any atom is 0.0117 e. The fraction of sp³-hybridized carbons (Fsp3) is 0.455. The monoisotopic (exact) mass is 178 g/mol. The molecule has 2 unspecified atom stereocenters. The molecule has 13 heavy (non-hydrogen) atoms. The van der Waals surface area contributed by atoms with Crippen LogP contribution < -0.4 is 11.5 Å².